The summed E-state index contributed by atoms with van der Waals surface area (Å²) in [5.41, 5.74) is 4.29. The van der Waals surface area contributed by atoms with Crippen LogP contribution in [-0.2, 0) is 4.79 Å². The average molecular weight is 458 g/mol. The van der Waals surface area contributed by atoms with Gasteiger partial charge >= 0.3 is 0 Å². The SMILES string of the molecule is O=C1CSC(c2cccc(-c3ccccc3)c2)N1c1ccc(Oc2ccc(Cl)cc2)cc1. The van der Waals surface area contributed by atoms with Gasteiger partial charge in [-0.3, -0.25) is 9.69 Å². The van der Waals surface area contributed by atoms with Gasteiger partial charge < -0.3 is 4.74 Å². The second kappa shape index (κ2) is 9.11. The molecule has 5 rings (SSSR count). The van der Waals surface area contributed by atoms with Crippen molar-refractivity contribution in [2.24, 2.45) is 0 Å². The molecule has 0 spiro atoms. The summed E-state index contributed by atoms with van der Waals surface area (Å²) in [6, 6.07) is 33.6. The molecule has 0 saturated carbocycles. The highest BCUT2D eigenvalue weighted by atomic mass is 35.5. The standard InChI is InChI=1S/C27H20ClNO2S/c28-22-9-13-24(14-10-22)31-25-15-11-23(12-16-25)29-26(30)18-32-27(29)21-8-4-7-20(17-21)19-5-2-1-3-6-19/h1-17,27H,18H2. The molecule has 1 amide bonds. The van der Waals surface area contributed by atoms with Crippen molar-refractivity contribution in [3.63, 3.8) is 0 Å². The molecule has 1 fully saturated rings. The monoisotopic (exact) mass is 457 g/mol. The second-order valence-electron chi connectivity index (χ2n) is 7.47. The Labute approximate surface area is 196 Å². The molecule has 32 heavy (non-hydrogen) atoms. The number of benzene rings is 4. The van der Waals surface area contributed by atoms with E-state index in [1.54, 1.807) is 23.9 Å². The third-order valence-electron chi connectivity index (χ3n) is 5.31. The molecule has 1 aliphatic rings. The Morgan fingerprint density at radius 1 is 0.781 bits per heavy atom. The van der Waals surface area contributed by atoms with E-state index in [0.717, 1.165) is 16.8 Å². The van der Waals surface area contributed by atoms with Crippen molar-refractivity contribution in [2.75, 3.05) is 10.7 Å². The molecule has 1 unspecified atom stereocenters. The summed E-state index contributed by atoms with van der Waals surface area (Å²) in [6.07, 6.45) is 0. The van der Waals surface area contributed by atoms with E-state index < -0.39 is 0 Å². The molecule has 0 radical (unpaired) electrons. The molecular weight excluding hydrogens is 438 g/mol. The molecule has 158 valence electrons. The molecule has 0 aromatic heterocycles. The van der Waals surface area contributed by atoms with Gasteiger partial charge in [0.15, 0.2) is 0 Å². The largest absolute Gasteiger partial charge is 0.457 e. The van der Waals surface area contributed by atoms with Crippen LogP contribution in [0, 0.1) is 0 Å². The predicted molar refractivity (Wildman–Crippen MR) is 133 cm³/mol. The van der Waals surface area contributed by atoms with Crippen LogP contribution >= 0.6 is 23.4 Å². The van der Waals surface area contributed by atoms with Gasteiger partial charge in [0.2, 0.25) is 5.91 Å². The minimum Gasteiger partial charge on any atom is -0.457 e. The van der Waals surface area contributed by atoms with Crippen LogP contribution in [0.4, 0.5) is 5.69 Å². The summed E-state index contributed by atoms with van der Waals surface area (Å²) < 4.78 is 5.89. The van der Waals surface area contributed by atoms with E-state index in [4.69, 9.17) is 16.3 Å². The number of hydrogen-bond donors (Lipinski definition) is 0. The van der Waals surface area contributed by atoms with Gasteiger partial charge in [0, 0.05) is 10.7 Å². The van der Waals surface area contributed by atoms with Crippen LogP contribution < -0.4 is 9.64 Å². The van der Waals surface area contributed by atoms with E-state index >= 15 is 0 Å². The Morgan fingerprint density at radius 2 is 1.44 bits per heavy atom. The number of amides is 1. The molecule has 1 heterocycles. The van der Waals surface area contributed by atoms with Gasteiger partial charge in [-0.1, -0.05) is 60.1 Å². The molecule has 3 nitrogen and oxygen atoms in total. The first-order valence-corrected chi connectivity index (χ1v) is 11.7. The zero-order valence-electron chi connectivity index (χ0n) is 17.1. The van der Waals surface area contributed by atoms with Crippen LogP contribution in [0.3, 0.4) is 0 Å². The molecule has 1 saturated heterocycles. The van der Waals surface area contributed by atoms with Crippen LogP contribution in [0.15, 0.2) is 103 Å². The molecule has 0 aliphatic carbocycles. The summed E-state index contributed by atoms with van der Waals surface area (Å²) in [6.45, 7) is 0. The molecular formula is C27H20ClNO2S. The summed E-state index contributed by atoms with van der Waals surface area (Å²) in [7, 11) is 0. The zero-order valence-corrected chi connectivity index (χ0v) is 18.7. The number of ether oxygens (including phenoxy) is 1. The topological polar surface area (TPSA) is 29.5 Å². The molecule has 5 heteroatoms. The summed E-state index contributed by atoms with van der Waals surface area (Å²) in [4.78, 5) is 14.7. The van der Waals surface area contributed by atoms with E-state index in [1.807, 2.05) is 59.5 Å². The van der Waals surface area contributed by atoms with Gasteiger partial charge in [-0.2, -0.15) is 0 Å². The average Bonchev–Trinajstić information content (AvgIpc) is 3.23. The summed E-state index contributed by atoms with van der Waals surface area (Å²) >= 11 is 7.59. The first kappa shape index (κ1) is 20.7. The van der Waals surface area contributed by atoms with Crippen molar-refractivity contribution in [3.05, 3.63) is 114 Å². The van der Waals surface area contributed by atoms with Crippen molar-refractivity contribution < 1.29 is 9.53 Å². The van der Waals surface area contributed by atoms with E-state index in [0.29, 0.717) is 22.3 Å². The Balaban J connectivity index is 1.39. The molecule has 0 N–H and O–H groups in total. The predicted octanol–water partition coefficient (Wildman–Crippen LogP) is 7.58. The Bertz CT molecular complexity index is 1230. The van der Waals surface area contributed by atoms with Gasteiger partial charge in [0.05, 0.1) is 5.75 Å². The number of carbonyl (C=O) groups excluding carboxylic acids is 1. The highest BCUT2D eigenvalue weighted by molar-refractivity contribution is 8.00. The minimum atomic E-state index is -0.0609. The number of thioether (sulfide) groups is 1. The third kappa shape index (κ3) is 4.38. The van der Waals surface area contributed by atoms with Crippen LogP contribution in [-0.4, -0.2) is 11.7 Å². The highest BCUT2D eigenvalue weighted by Crippen LogP contribution is 2.43. The van der Waals surface area contributed by atoms with E-state index in [2.05, 4.69) is 36.4 Å². The first-order valence-electron chi connectivity index (χ1n) is 10.3. The van der Waals surface area contributed by atoms with Crippen molar-refractivity contribution in [2.45, 2.75) is 5.37 Å². The molecule has 0 bridgehead atoms. The first-order chi connectivity index (χ1) is 15.7. The van der Waals surface area contributed by atoms with Gasteiger partial charge in [0.25, 0.3) is 0 Å². The lowest BCUT2D eigenvalue weighted by atomic mass is 10.0. The fourth-order valence-corrected chi connectivity index (χ4v) is 5.06. The smallest absolute Gasteiger partial charge is 0.238 e. The van der Waals surface area contributed by atoms with Crippen LogP contribution in [0.2, 0.25) is 5.02 Å². The third-order valence-corrected chi connectivity index (χ3v) is 6.78. The molecule has 4 aromatic carbocycles. The van der Waals surface area contributed by atoms with Gasteiger partial charge in [-0.15, -0.1) is 11.8 Å². The maximum Gasteiger partial charge on any atom is 0.238 e. The number of carbonyl (C=O) groups is 1. The molecule has 4 aromatic rings. The van der Waals surface area contributed by atoms with E-state index in [-0.39, 0.29) is 11.3 Å². The molecule has 1 aliphatic heterocycles. The van der Waals surface area contributed by atoms with Gasteiger partial charge in [0.1, 0.15) is 16.9 Å². The van der Waals surface area contributed by atoms with Crippen LogP contribution in [0.5, 0.6) is 11.5 Å². The Kier molecular flexibility index (Phi) is 5.89. The fourth-order valence-electron chi connectivity index (χ4n) is 3.77. The number of nitrogens with zero attached hydrogens (tertiary/aromatic N) is 1. The molecule has 1 atom stereocenters. The number of hydrogen-bond acceptors (Lipinski definition) is 3. The Morgan fingerprint density at radius 3 is 2.16 bits per heavy atom. The number of halogens is 1. The summed E-state index contributed by atoms with van der Waals surface area (Å²) in [5.74, 6) is 1.99. The lowest BCUT2D eigenvalue weighted by Crippen LogP contribution is -2.27. The van der Waals surface area contributed by atoms with Crippen molar-refractivity contribution in [3.8, 4) is 22.6 Å². The minimum absolute atomic E-state index is 0.0609. The lowest BCUT2D eigenvalue weighted by Gasteiger charge is -2.25. The Hall–Kier alpha value is -3.21. The quantitative estimate of drug-likeness (QED) is 0.309. The maximum absolute atomic E-state index is 12.8. The normalized spacial score (nSPS) is 15.7. The van der Waals surface area contributed by atoms with Gasteiger partial charge in [-0.05, 0) is 71.3 Å². The highest BCUT2D eigenvalue weighted by Gasteiger charge is 2.34. The maximum atomic E-state index is 12.8. The van der Waals surface area contributed by atoms with Crippen LogP contribution in [0.1, 0.15) is 10.9 Å². The van der Waals surface area contributed by atoms with Crippen molar-refractivity contribution in [1.29, 1.82) is 0 Å². The number of rotatable bonds is 5. The van der Waals surface area contributed by atoms with Crippen LogP contribution in [0.25, 0.3) is 11.1 Å². The zero-order chi connectivity index (χ0) is 21.9. The van der Waals surface area contributed by atoms with E-state index in [1.165, 1.54) is 5.56 Å². The van der Waals surface area contributed by atoms with Crippen molar-refractivity contribution in [1.82, 2.24) is 0 Å². The van der Waals surface area contributed by atoms with Crippen molar-refractivity contribution >= 4 is 35.0 Å². The van der Waals surface area contributed by atoms with Gasteiger partial charge in [-0.25, -0.2) is 0 Å². The lowest BCUT2D eigenvalue weighted by molar-refractivity contribution is -0.115. The fraction of sp³-hybridized carbons (Fsp3) is 0.0741. The van der Waals surface area contributed by atoms with E-state index in [9.17, 15) is 4.79 Å². The summed E-state index contributed by atoms with van der Waals surface area (Å²) in [5, 5.41) is 0.606. The second-order valence-corrected chi connectivity index (χ2v) is 8.97. The number of anilines is 1.